The Bertz CT molecular complexity index is 482. The molecule has 0 spiro atoms. The molecule has 4 heteroatoms. The minimum atomic E-state index is 0.743. The standard InChI is InChI=1S/C11H13N3O/c1-14(12)11-6-3-8-7-9(15-2)4-5-10(8)13-11/h3-7H,12H2,1-2H3. The third-order valence-corrected chi connectivity index (χ3v) is 2.24. The van der Waals surface area contributed by atoms with Crippen molar-refractivity contribution < 1.29 is 4.74 Å². The van der Waals surface area contributed by atoms with Crippen LogP contribution in [0.25, 0.3) is 10.9 Å². The van der Waals surface area contributed by atoms with Gasteiger partial charge in [-0.25, -0.2) is 10.8 Å². The maximum atomic E-state index is 5.61. The first-order valence-corrected chi connectivity index (χ1v) is 4.64. The summed E-state index contributed by atoms with van der Waals surface area (Å²) in [7, 11) is 3.41. The molecule has 1 heterocycles. The number of hydrogen-bond donors (Lipinski definition) is 1. The molecule has 78 valence electrons. The third kappa shape index (κ3) is 1.85. The van der Waals surface area contributed by atoms with Crippen LogP contribution in [0.1, 0.15) is 0 Å². The van der Waals surface area contributed by atoms with Crippen LogP contribution in [0, 0.1) is 0 Å². The van der Waals surface area contributed by atoms with E-state index in [0.29, 0.717) is 0 Å². The second-order valence-electron chi connectivity index (χ2n) is 3.34. The molecule has 2 N–H and O–H groups in total. The maximum absolute atomic E-state index is 5.61. The summed E-state index contributed by atoms with van der Waals surface area (Å²) in [5, 5.41) is 2.53. The van der Waals surface area contributed by atoms with E-state index in [1.54, 1.807) is 14.2 Å². The smallest absolute Gasteiger partial charge is 0.142 e. The van der Waals surface area contributed by atoms with Gasteiger partial charge in [0.15, 0.2) is 0 Å². The maximum Gasteiger partial charge on any atom is 0.142 e. The summed E-state index contributed by atoms with van der Waals surface area (Å²) in [4.78, 5) is 4.40. The van der Waals surface area contributed by atoms with Gasteiger partial charge in [-0.15, -0.1) is 0 Å². The molecule has 4 nitrogen and oxygen atoms in total. The Morgan fingerprint density at radius 1 is 1.27 bits per heavy atom. The van der Waals surface area contributed by atoms with E-state index in [2.05, 4.69) is 4.98 Å². The van der Waals surface area contributed by atoms with E-state index in [1.807, 2.05) is 30.3 Å². The summed E-state index contributed by atoms with van der Waals surface area (Å²) in [5.74, 6) is 7.18. The van der Waals surface area contributed by atoms with Crippen LogP contribution in [-0.4, -0.2) is 19.1 Å². The zero-order valence-corrected chi connectivity index (χ0v) is 8.77. The molecule has 1 aromatic carbocycles. The summed E-state index contributed by atoms with van der Waals surface area (Å²) in [6.45, 7) is 0. The molecule has 0 saturated heterocycles. The highest BCUT2D eigenvalue weighted by Crippen LogP contribution is 2.21. The average molecular weight is 203 g/mol. The van der Waals surface area contributed by atoms with Crippen molar-refractivity contribution in [3.8, 4) is 5.75 Å². The fraction of sp³-hybridized carbons (Fsp3) is 0.182. The molecule has 0 aliphatic rings. The highest BCUT2D eigenvalue weighted by Gasteiger charge is 2.01. The molecule has 0 saturated carbocycles. The van der Waals surface area contributed by atoms with E-state index in [0.717, 1.165) is 22.5 Å². The molecule has 1 aromatic heterocycles. The number of fused-ring (bicyclic) bond motifs is 1. The molecular weight excluding hydrogens is 190 g/mol. The van der Waals surface area contributed by atoms with Crippen LogP contribution >= 0.6 is 0 Å². The third-order valence-electron chi connectivity index (χ3n) is 2.24. The predicted molar refractivity (Wildman–Crippen MR) is 60.9 cm³/mol. The fourth-order valence-electron chi connectivity index (χ4n) is 1.42. The molecule has 0 radical (unpaired) electrons. The molecule has 15 heavy (non-hydrogen) atoms. The number of methoxy groups -OCH3 is 1. The van der Waals surface area contributed by atoms with E-state index < -0.39 is 0 Å². The number of aromatic nitrogens is 1. The molecule has 0 bridgehead atoms. The van der Waals surface area contributed by atoms with Crippen molar-refractivity contribution in [1.29, 1.82) is 0 Å². The quantitative estimate of drug-likeness (QED) is 0.594. The van der Waals surface area contributed by atoms with Gasteiger partial charge in [-0.05, 0) is 30.3 Å². The highest BCUT2D eigenvalue weighted by molar-refractivity contribution is 5.81. The summed E-state index contributed by atoms with van der Waals surface area (Å²) in [6, 6.07) is 9.60. The Morgan fingerprint density at radius 2 is 2.07 bits per heavy atom. The van der Waals surface area contributed by atoms with Gasteiger partial charge in [0.1, 0.15) is 11.6 Å². The van der Waals surface area contributed by atoms with Gasteiger partial charge in [-0.3, -0.25) is 5.01 Å². The molecule has 0 atom stereocenters. The first-order valence-electron chi connectivity index (χ1n) is 4.64. The first-order chi connectivity index (χ1) is 7.20. The number of pyridine rings is 1. The number of ether oxygens (including phenoxy) is 1. The van der Waals surface area contributed by atoms with Crippen molar-refractivity contribution in [3.63, 3.8) is 0 Å². The zero-order chi connectivity index (χ0) is 10.8. The van der Waals surface area contributed by atoms with E-state index in [-0.39, 0.29) is 0 Å². The van der Waals surface area contributed by atoms with Crippen LogP contribution in [0.5, 0.6) is 5.75 Å². The van der Waals surface area contributed by atoms with Crippen LogP contribution < -0.4 is 15.6 Å². The van der Waals surface area contributed by atoms with Gasteiger partial charge in [0.05, 0.1) is 12.6 Å². The first kappa shape index (κ1) is 9.73. The molecule has 0 aliphatic heterocycles. The second kappa shape index (κ2) is 3.74. The van der Waals surface area contributed by atoms with E-state index in [4.69, 9.17) is 10.6 Å². The van der Waals surface area contributed by atoms with Crippen molar-refractivity contribution in [2.75, 3.05) is 19.2 Å². The van der Waals surface area contributed by atoms with Crippen molar-refractivity contribution in [2.45, 2.75) is 0 Å². The summed E-state index contributed by atoms with van der Waals surface area (Å²) in [5.41, 5.74) is 0.908. The van der Waals surface area contributed by atoms with Gasteiger partial charge in [0.2, 0.25) is 0 Å². The van der Waals surface area contributed by atoms with Gasteiger partial charge in [0.25, 0.3) is 0 Å². The minimum absolute atomic E-state index is 0.743. The van der Waals surface area contributed by atoms with Crippen molar-refractivity contribution in [3.05, 3.63) is 30.3 Å². The van der Waals surface area contributed by atoms with Crippen LogP contribution in [0.15, 0.2) is 30.3 Å². The molecule has 0 unspecified atom stereocenters. The lowest BCUT2D eigenvalue weighted by atomic mass is 10.2. The Labute approximate surface area is 88.2 Å². The fourth-order valence-corrected chi connectivity index (χ4v) is 1.42. The molecule has 0 amide bonds. The average Bonchev–Trinajstić information content (AvgIpc) is 2.27. The summed E-state index contributed by atoms with van der Waals surface area (Å²) >= 11 is 0. The monoisotopic (exact) mass is 203 g/mol. The highest BCUT2D eigenvalue weighted by atomic mass is 16.5. The topological polar surface area (TPSA) is 51.4 Å². The van der Waals surface area contributed by atoms with Crippen LogP contribution in [-0.2, 0) is 0 Å². The van der Waals surface area contributed by atoms with E-state index in [9.17, 15) is 0 Å². The van der Waals surface area contributed by atoms with Gasteiger partial charge >= 0.3 is 0 Å². The summed E-state index contributed by atoms with van der Waals surface area (Å²) < 4.78 is 5.14. The Morgan fingerprint density at radius 3 is 2.73 bits per heavy atom. The minimum Gasteiger partial charge on any atom is -0.497 e. The van der Waals surface area contributed by atoms with E-state index >= 15 is 0 Å². The van der Waals surface area contributed by atoms with E-state index in [1.165, 1.54) is 5.01 Å². The lowest BCUT2D eigenvalue weighted by Crippen LogP contribution is -2.25. The summed E-state index contributed by atoms with van der Waals surface area (Å²) in [6.07, 6.45) is 0. The van der Waals surface area contributed by atoms with Gasteiger partial charge in [0, 0.05) is 12.4 Å². The van der Waals surface area contributed by atoms with Gasteiger partial charge in [-0.2, -0.15) is 0 Å². The van der Waals surface area contributed by atoms with Gasteiger partial charge in [-0.1, -0.05) is 0 Å². The van der Waals surface area contributed by atoms with Crippen LogP contribution in [0.2, 0.25) is 0 Å². The number of benzene rings is 1. The number of nitrogens with zero attached hydrogens (tertiary/aromatic N) is 2. The van der Waals surface area contributed by atoms with Gasteiger partial charge < -0.3 is 4.74 Å². The van der Waals surface area contributed by atoms with Crippen molar-refractivity contribution >= 4 is 16.7 Å². The largest absolute Gasteiger partial charge is 0.497 e. The number of rotatable bonds is 2. The lowest BCUT2D eigenvalue weighted by molar-refractivity contribution is 0.415. The van der Waals surface area contributed by atoms with Crippen molar-refractivity contribution in [2.24, 2.45) is 5.84 Å². The van der Waals surface area contributed by atoms with Crippen LogP contribution in [0.4, 0.5) is 5.82 Å². The molecule has 2 aromatic rings. The molecule has 2 rings (SSSR count). The Hall–Kier alpha value is -1.81. The zero-order valence-electron chi connectivity index (χ0n) is 8.77. The molecular formula is C11H13N3O. The predicted octanol–water partition coefficient (Wildman–Crippen LogP) is 1.55. The number of hydrazine groups is 1. The Kier molecular flexibility index (Phi) is 2.43. The lowest BCUT2D eigenvalue weighted by Gasteiger charge is -2.11. The van der Waals surface area contributed by atoms with Crippen LogP contribution in [0.3, 0.4) is 0 Å². The SMILES string of the molecule is COc1ccc2nc(N(C)N)ccc2c1. The second-order valence-corrected chi connectivity index (χ2v) is 3.34. The van der Waals surface area contributed by atoms with Crippen molar-refractivity contribution in [1.82, 2.24) is 4.98 Å². The number of nitrogens with two attached hydrogens (primary N) is 1. The molecule has 0 aliphatic carbocycles. The normalized spacial score (nSPS) is 10.3. The molecule has 0 fully saturated rings. The Balaban J connectivity index is 2.55. The number of anilines is 1. The number of hydrogen-bond acceptors (Lipinski definition) is 4.